The summed E-state index contributed by atoms with van der Waals surface area (Å²) in [5.41, 5.74) is 0. The third-order valence-corrected chi connectivity index (χ3v) is 3.35. The third kappa shape index (κ3) is 6.03. The molecule has 2 N–H and O–H groups in total. The zero-order valence-corrected chi connectivity index (χ0v) is 11.3. The second kappa shape index (κ2) is 7.67. The lowest BCUT2D eigenvalue weighted by molar-refractivity contribution is -0.126. The van der Waals surface area contributed by atoms with Crippen LogP contribution in [0.5, 0.6) is 0 Å². The number of hydrogen-bond acceptors (Lipinski definition) is 3. The molecule has 0 aromatic carbocycles. The van der Waals surface area contributed by atoms with Gasteiger partial charge in [0, 0.05) is 12.1 Å². The maximum atomic E-state index is 11.5. The number of ether oxygens (including phenoxy) is 1. The fourth-order valence-electron chi connectivity index (χ4n) is 1.82. The van der Waals surface area contributed by atoms with Crippen LogP contribution < -0.4 is 10.6 Å². The molecule has 1 amide bonds. The van der Waals surface area contributed by atoms with Crippen LogP contribution in [0.15, 0.2) is 0 Å². The molecular weight excluding hydrogens is 216 g/mol. The first kappa shape index (κ1) is 14.5. The molecule has 4 heteroatoms. The van der Waals surface area contributed by atoms with Gasteiger partial charge in [-0.05, 0) is 32.2 Å². The van der Waals surface area contributed by atoms with E-state index in [4.69, 9.17) is 4.74 Å². The molecule has 1 aliphatic heterocycles. The molecule has 1 fully saturated rings. The van der Waals surface area contributed by atoms with Crippen LogP contribution in [-0.2, 0) is 9.53 Å². The molecule has 17 heavy (non-hydrogen) atoms. The summed E-state index contributed by atoms with van der Waals surface area (Å²) >= 11 is 0. The highest BCUT2D eigenvalue weighted by Gasteiger charge is 2.14. The van der Waals surface area contributed by atoms with Crippen molar-refractivity contribution in [2.45, 2.75) is 52.1 Å². The van der Waals surface area contributed by atoms with Gasteiger partial charge < -0.3 is 15.4 Å². The van der Waals surface area contributed by atoms with Crippen molar-refractivity contribution >= 4 is 5.91 Å². The van der Waals surface area contributed by atoms with Gasteiger partial charge in [0.25, 0.3) is 0 Å². The first-order chi connectivity index (χ1) is 8.09. The van der Waals surface area contributed by atoms with E-state index in [1.807, 2.05) is 6.92 Å². The predicted octanol–water partition coefficient (Wildman–Crippen LogP) is 1.31. The molecule has 0 aliphatic carbocycles. The second-order valence-electron chi connectivity index (χ2n) is 5.26. The number of rotatable bonds is 6. The maximum absolute atomic E-state index is 11.5. The minimum Gasteiger partial charge on any atom is -0.370 e. The summed E-state index contributed by atoms with van der Waals surface area (Å²) in [4.78, 5) is 11.5. The fourth-order valence-corrected chi connectivity index (χ4v) is 1.82. The Balaban J connectivity index is 2.07. The molecule has 0 radical (unpaired) electrons. The molecular formula is C13H26N2O2. The number of piperidine rings is 1. The van der Waals surface area contributed by atoms with E-state index in [1.165, 1.54) is 12.8 Å². The van der Waals surface area contributed by atoms with Gasteiger partial charge in [0.1, 0.15) is 6.61 Å². The Kier molecular flexibility index (Phi) is 6.52. The molecule has 0 aromatic rings. The summed E-state index contributed by atoms with van der Waals surface area (Å²) in [7, 11) is 0. The number of nitrogens with one attached hydrogen (secondary N) is 2. The highest BCUT2D eigenvalue weighted by Crippen LogP contribution is 2.06. The highest BCUT2D eigenvalue weighted by molar-refractivity contribution is 5.77. The monoisotopic (exact) mass is 242 g/mol. The van der Waals surface area contributed by atoms with E-state index < -0.39 is 0 Å². The van der Waals surface area contributed by atoms with Crippen LogP contribution in [0.4, 0.5) is 0 Å². The Hall–Kier alpha value is -0.610. The van der Waals surface area contributed by atoms with Crippen LogP contribution in [0, 0.1) is 5.92 Å². The summed E-state index contributed by atoms with van der Waals surface area (Å²) in [5, 5.41) is 6.33. The smallest absolute Gasteiger partial charge is 0.246 e. The average molecular weight is 242 g/mol. The molecule has 100 valence electrons. The zero-order valence-electron chi connectivity index (χ0n) is 11.3. The predicted molar refractivity (Wildman–Crippen MR) is 68.9 cm³/mol. The van der Waals surface area contributed by atoms with Gasteiger partial charge in [-0.1, -0.05) is 20.3 Å². The standard InChI is InChI=1S/C13H26N2O2/c1-10(2)11(3)15-13(16)9-17-8-12-6-4-5-7-14-12/h10-12,14H,4-9H2,1-3H3,(H,15,16). The van der Waals surface area contributed by atoms with Crippen molar-refractivity contribution in [2.24, 2.45) is 5.92 Å². The summed E-state index contributed by atoms with van der Waals surface area (Å²) < 4.78 is 5.44. The molecule has 0 saturated carbocycles. The lowest BCUT2D eigenvalue weighted by Crippen LogP contribution is -2.41. The minimum absolute atomic E-state index is 0.0120. The van der Waals surface area contributed by atoms with Crippen LogP contribution in [0.1, 0.15) is 40.0 Å². The Morgan fingerprint density at radius 1 is 1.41 bits per heavy atom. The third-order valence-electron chi connectivity index (χ3n) is 3.35. The van der Waals surface area contributed by atoms with Gasteiger partial charge in [-0.15, -0.1) is 0 Å². The Bertz CT molecular complexity index is 225. The molecule has 2 atom stereocenters. The summed E-state index contributed by atoms with van der Waals surface area (Å²) in [5.74, 6) is 0.445. The molecule has 1 heterocycles. The molecule has 4 nitrogen and oxygen atoms in total. The van der Waals surface area contributed by atoms with E-state index in [0.29, 0.717) is 18.6 Å². The fraction of sp³-hybridized carbons (Fsp3) is 0.923. The topological polar surface area (TPSA) is 50.4 Å². The molecule has 0 aromatic heterocycles. The highest BCUT2D eigenvalue weighted by atomic mass is 16.5. The van der Waals surface area contributed by atoms with Crippen molar-refractivity contribution in [2.75, 3.05) is 19.8 Å². The SMILES string of the molecule is CC(C)C(C)NC(=O)COCC1CCCCN1. The van der Waals surface area contributed by atoms with Crippen molar-refractivity contribution in [3.8, 4) is 0 Å². The number of carbonyl (C=O) groups excluding carboxylic acids is 1. The quantitative estimate of drug-likeness (QED) is 0.738. The molecule has 2 unspecified atom stereocenters. The summed E-state index contributed by atoms with van der Waals surface area (Å²) in [6, 6.07) is 0.637. The Labute approximate surface area is 104 Å². The second-order valence-corrected chi connectivity index (χ2v) is 5.26. The van der Waals surface area contributed by atoms with Gasteiger partial charge in [-0.3, -0.25) is 4.79 Å². The summed E-state index contributed by atoms with van der Waals surface area (Å²) in [6.45, 7) is 8.10. The van der Waals surface area contributed by atoms with Crippen molar-refractivity contribution in [1.29, 1.82) is 0 Å². The maximum Gasteiger partial charge on any atom is 0.246 e. The largest absolute Gasteiger partial charge is 0.370 e. The van der Waals surface area contributed by atoms with Gasteiger partial charge in [0.2, 0.25) is 5.91 Å². The molecule has 1 rings (SSSR count). The van der Waals surface area contributed by atoms with Crippen LogP contribution in [0.3, 0.4) is 0 Å². The number of hydrogen-bond donors (Lipinski definition) is 2. The lowest BCUT2D eigenvalue weighted by atomic mass is 10.1. The van der Waals surface area contributed by atoms with Gasteiger partial charge in [-0.25, -0.2) is 0 Å². The van der Waals surface area contributed by atoms with E-state index >= 15 is 0 Å². The summed E-state index contributed by atoms with van der Waals surface area (Å²) in [6.07, 6.45) is 3.67. The van der Waals surface area contributed by atoms with Crippen LogP contribution in [0.2, 0.25) is 0 Å². The van der Waals surface area contributed by atoms with Crippen LogP contribution in [0.25, 0.3) is 0 Å². The van der Waals surface area contributed by atoms with E-state index in [2.05, 4.69) is 24.5 Å². The van der Waals surface area contributed by atoms with Crippen molar-refractivity contribution in [3.63, 3.8) is 0 Å². The Morgan fingerprint density at radius 2 is 2.18 bits per heavy atom. The molecule has 0 spiro atoms. The van der Waals surface area contributed by atoms with Gasteiger partial charge >= 0.3 is 0 Å². The van der Waals surface area contributed by atoms with Gasteiger partial charge in [-0.2, -0.15) is 0 Å². The molecule has 1 aliphatic rings. The number of amides is 1. The number of carbonyl (C=O) groups is 1. The van der Waals surface area contributed by atoms with Crippen molar-refractivity contribution < 1.29 is 9.53 Å². The minimum atomic E-state index is -0.0120. The molecule has 0 bridgehead atoms. The van der Waals surface area contributed by atoms with E-state index in [0.717, 1.165) is 13.0 Å². The van der Waals surface area contributed by atoms with Crippen molar-refractivity contribution in [3.05, 3.63) is 0 Å². The first-order valence-corrected chi connectivity index (χ1v) is 6.70. The van der Waals surface area contributed by atoms with Crippen molar-refractivity contribution in [1.82, 2.24) is 10.6 Å². The zero-order chi connectivity index (χ0) is 12.7. The normalized spacial score (nSPS) is 22.5. The van der Waals surface area contributed by atoms with Crippen LogP contribution >= 0.6 is 0 Å². The lowest BCUT2D eigenvalue weighted by Gasteiger charge is -2.23. The van der Waals surface area contributed by atoms with Crippen LogP contribution in [-0.4, -0.2) is 37.7 Å². The van der Waals surface area contributed by atoms with E-state index in [-0.39, 0.29) is 18.6 Å². The van der Waals surface area contributed by atoms with E-state index in [1.54, 1.807) is 0 Å². The average Bonchev–Trinajstić information content (AvgIpc) is 2.30. The van der Waals surface area contributed by atoms with E-state index in [9.17, 15) is 4.79 Å². The van der Waals surface area contributed by atoms with Gasteiger partial charge in [0.15, 0.2) is 0 Å². The Morgan fingerprint density at radius 3 is 2.76 bits per heavy atom. The molecule has 1 saturated heterocycles. The van der Waals surface area contributed by atoms with Gasteiger partial charge in [0.05, 0.1) is 6.61 Å². The first-order valence-electron chi connectivity index (χ1n) is 6.70.